The van der Waals surface area contributed by atoms with Crippen molar-refractivity contribution in [2.24, 2.45) is 0 Å². The van der Waals surface area contributed by atoms with Crippen LogP contribution in [0, 0.1) is 0 Å². The van der Waals surface area contributed by atoms with Gasteiger partial charge in [-0.05, 0) is 42.1 Å². The van der Waals surface area contributed by atoms with Crippen molar-refractivity contribution in [3.63, 3.8) is 0 Å². The molecule has 0 saturated heterocycles. The number of benzene rings is 3. The van der Waals surface area contributed by atoms with Gasteiger partial charge in [-0.3, -0.25) is 0 Å². The van der Waals surface area contributed by atoms with Crippen molar-refractivity contribution in [2.75, 3.05) is 32.1 Å². The van der Waals surface area contributed by atoms with Gasteiger partial charge in [0.1, 0.15) is 5.75 Å². The minimum absolute atomic E-state index is 0.908. The first-order valence-electron chi connectivity index (χ1n) is 8.42. The third kappa shape index (κ3) is 4.27. The van der Waals surface area contributed by atoms with E-state index in [-0.39, 0.29) is 0 Å². The molecule has 3 aromatic rings. The number of hydrogen-bond donors (Lipinski definition) is 2. The van der Waals surface area contributed by atoms with E-state index in [1.54, 1.807) is 7.11 Å². The Morgan fingerprint density at radius 3 is 2.42 bits per heavy atom. The summed E-state index contributed by atoms with van der Waals surface area (Å²) in [6.07, 6.45) is 1.03. The lowest BCUT2D eigenvalue weighted by Gasteiger charge is -2.10. The van der Waals surface area contributed by atoms with Crippen LogP contribution in [-0.2, 0) is 6.42 Å². The van der Waals surface area contributed by atoms with Gasteiger partial charge in [-0.1, -0.05) is 48.5 Å². The highest BCUT2D eigenvalue weighted by molar-refractivity contribution is 5.93. The van der Waals surface area contributed by atoms with Gasteiger partial charge in [-0.2, -0.15) is 0 Å². The lowest BCUT2D eigenvalue weighted by Crippen LogP contribution is -2.24. The molecule has 3 aromatic carbocycles. The van der Waals surface area contributed by atoms with Crippen LogP contribution >= 0.6 is 0 Å². The Hall–Kier alpha value is -2.52. The molecule has 0 heterocycles. The number of fused-ring (bicyclic) bond motifs is 1. The maximum atomic E-state index is 5.18. The molecule has 0 radical (unpaired) electrons. The molecule has 3 nitrogen and oxygen atoms in total. The second-order valence-electron chi connectivity index (χ2n) is 5.80. The summed E-state index contributed by atoms with van der Waals surface area (Å²) in [4.78, 5) is 0. The molecular formula is C21H24N2O. The molecule has 0 aromatic heterocycles. The maximum absolute atomic E-state index is 5.18. The summed E-state index contributed by atoms with van der Waals surface area (Å²) < 4.78 is 5.18. The van der Waals surface area contributed by atoms with Crippen LogP contribution in [0.2, 0.25) is 0 Å². The first kappa shape index (κ1) is 16.3. The minimum Gasteiger partial charge on any atom is -0.497 e. The van der Waals surface area contributed by atoms with E-state index in [2.05, 4.69) is 65.2 Å². The second kappa shape index (κ2) is 8.37. The fourth-order valence-corrected chi connectivity index (χ4v) is 2.82. The van der Waals surface area contributed by atoms with Crippen molar-refractivity contribution in [2.45, 2.75) is 6.42 Å². The summed E-state index contributed by atoms with van der Waals surface area (Å²) in [7, 11) is 1.69. The Labute approximate surface area is 143 Å². The molecule has 2 N–H and O–H groups in total. The Morgan fingerprint density at radius 2 is 1.58 bits per heavy atom. The maximum Gasteiger partial charge on any atom is 0.118 e. The summed E-state index contributed by atoms with van der Waals surface area (Å²) in [5.41, 5.74) is 2.52. The van der Waals surface area contributed by atoms with E-state index in [1.807, 2.05) is 12.1 Å². The fraction of sp³-hybridized carbons (Fsp3) is 0.238. The van der Waals surface area contributed by atoms with Crippen molar-refractivity contribution in [1.82, 2.24) is 5.32 Å². The number of rotatable bonds is 8. The largest absolute Gasteiger partial charge is 0.497 e. The lowest BCUT2D eigenvalue weighted by atomic mass is 10.1. The number of nitrogens with one attached hydrogen (secondary N) is 2. The van der Waals surface area contributed by atoms with Crippen LogP contribution in [0.3, 0.4) is 0 Å². The van der Waals surface area contributed by atoms with E-state index in [0.29, 0.717) is 0 Å². The van der Waals surface area contributed by atoms with Gasteiger partial charge < -0.3 is 15.4 Å². The van der Waals surface area contributed by atoms with Gasteiger partial charge in [0.2, 0.25) is 0 Å². The molecule has 0 atom stereocenters. The van der Waals surface area contributed by atoms with Crippen molar-refractivity contribution in [1.29, 1.82) is 0 Å². The summed E-state index contributed by atoms with van der Waals surface area (Å²) in [6, 6.07) is 23.1. The zero-order valence-electron chi connectivity index (χ0n) is 14.1. The first-order valence-corrected chi connectivity index (χ1v) is 8.42. The van der Waals surface area contributed by atoms with Gasteiger partial charge >= 0.3 is 0 Å². The average molecular weight is 320 g/mol. The molecule has 0 unspecified atom stereocenters. The van der Waals surface area contributed by atoms with Crippen LogP contribution < -0.4 is 15.4 Å². The highest BCUT2D eigenvalue weighted by atomic mass is 16.5. The van der Waals surface area contributed by atoms with Crippen LogP contribution in [0.15, 0.2) is 66.7 Å². The zero-order valence-corrected chi connectivity index (χ0v) is 14.1. The molecule has 0 saturated carbocycles. The summed E-state index contributed by atoms with van der Waals surface area (Å²) in [6.45, 7) is 2.83. The topological polar surface area (TPSA) is 33.3 Å². The van der Waals surface area contributed by atoms with E-state index in [9.17, 15) is 0 Å². The van der Waals surface area contributed by atoms with Gasteiger partial charge in [-0.15, -0.1) is 0 Å². The molecule has 0 amide bonds. The van der Waals surface area contributed by atoms with Crippen LogP contribution in [0.5, 0.6) is 5.75 Å². The monoisotopic (exact) mass is 320 g/mol. The zero-order chi connectivity index (χ0) is 16.6. The Morgan fingerprint density at radius 1 is 0.792 bits per heavy atom. The van der Waals surface area contributed by atoms with E-state index < -0.39 is 0 Å². The van der Waals surface area contributed by atoms with Crippen molar-refractivity contribution < 1.29 is 4.74 Å². The van der Waals surface area contributed by atoms with Gasteiger partial charge in [0.25, 0.3) is 0 Å². The highest BCUT2D eigenvalue weighted by Gasteiger charge is 1.99. The third-order valence-corrected chi connectivity index (χ3v) is 4.16. The molecule has 0 aliphatic rings. The first-order chi connectivity index (χ1) is 11.9. The normalized spacial score (nSPS) is 10.7. The standard InChI is InChI=1S/C21H24N2O/c1-24-19-11-9-17(10-12-19)13-14-22-15-16-23-21-8-4-6-18-5-2-3-7-20(18)21/h2-12,22-23H,13-16H2,1H3. The van der Waals surface area contributed by atoms with Crippen LogP contribution in [-0.4, -0.2) is 26.7 Å². The molecule has 0 bridgehead atoms. The Balaban J connectivity index is 1.40. The summed E-state index contributed by atoms with van der Waals surface area (Å²) >= 11 is 0. The summed E-state index contributed by atoms with van der Waals surface area (Å²) in [5.74, 6) is 0.908. The molecule has 0 fully saturated rings. The van der Waals surface area contributed by atoms with Crippen LogP contribution in [0.4, 0.5) is 5.69 Å². The molecule has 3 rings (SSSR count). The van der Waals surface area contributed by atoms with Gasteiger partial charge in [-0.25, -0.2) is 0 Å². The minimum atomic E-state index is 0.908. The number of anilines is 1. The molecule has 124 valence electrons. The van der Waals surface area contributed by atoms with E-state index in [0.717, 1.165) is 31.8 Å². The van der Waals surface area contributed by atoms with Crippen molar-refractivity contribution in [3.05, 3.63) is 72.3 Å². The predicted molar refractivity (Wildman–Crippen MR) is 102 cm³/mol. The van der Waals surface area contributed by atoms with E-state index in [4.69, 9.17) is 4.74 Å². The second-order valence-corrected chi connectivity index (χ2v) is 5.80. The molecule has 0 aliphatic carbocycles. The average Bonchev–Trinajstić information content (AvgIpc) is 2.65. The van der Waals surface area contributed by atoms with Gasteiger partial charge in [0, 0.05) is 24.2 Å². The molecule has 0 aliphatic heterocycles. The molecule has 0 spiro atoms. The van der Waals surface area contributed by atoms with Crippen LogP contribution in [0.25, 0.3) is 10.8 Å². The van der Waals surface area contributed by atoms with Crippen LogP contribution in [0.1, 0.15) is 5.56 Å². The smallest absolute Gasteiger partial charge is 0.118 e. The molecular weight excluding hydrogens is 296 g/mol. The Bertz CT molecular complexity index is 763. The number of ether oxygens (including phenoxy) is 1. The third-order valence-electron chi connectivity index (χ3n) is 4.16. The molecule has 3 heteroatoms. The SMILES string of the molecule is COc1ccc(CCNCCNc2cccc3ccccc23)cc1. The van der Waals surface area contributed by atoms with E-state index >= 15 is 0 Å². The highest BCUT2D eigenvalue weighted by Crippen LogP contribution is 2.22. The van der Waals surface area contributed by atoms with Gasteiger partial charge in [0.15, 0.2) is 0 Å². The fourth-order valence-electron chi connectivity index (χ4n) is 2.82. The number of hydrogen-bond acceptors (Lipinski definition) is 3. The van der Waals surface area contributed by atoms with Crippen molar-refractivity contribution >= 4 is 16.5 Å². The Kier molecular flexibility index (Phi) is 5.70. The van der Waals surface area contributed by atoms with Crippen molar-refractivity contribution in [3.8, 4) is 5.75 Å². The quantitative estimate of drug-likeness (QED) is 0.613. The predicted octanol–water partition coefficient (Wildman–Crippen LogP) is 4.09. The van der Waals surface area contributed by atoms with E-state index in [1.165, 1.54) is 22.0 Å². The number of methoxy groups -OCH3 is 1. The summed E-state index contributed by atoms with van der Waals surface area (Å²) in [5, 5.41) is 9.56. The molecule has 24 heavy (non-hydrogen) atoms. The van der Waals surface area contributed by atoms with Gasteiger partial charge in [0.05, 0.1) is 7.11 Å². The lowest BCUT2D eigenvalue weighted by molar-refractivity contribution is 0.414.